The molecule has 0 saturated heterocycles. The minimum atomic E-state index is -1.01. The van der Waals surface area contributed by atoms with E-state index in [4.69, 9.17) is 11.6 Å². The van der Waals surface area contributed by atoms with Crippen molar-refractivity contribution >= 4 is 23.4 Å². The molecule has 0 N–H and O–H groups in total. The second kappa shape index (κ2) is 4.84. The van der Waals surface area contributed by atoms with Crippen LogP contribution in [0.25, 0.3) is 0 Å². The van der Waals surface area contributed by atoms with Gasteiger partial charge in [0.25, 0.3) is 5.78 Å². The Kier molecular flexibility index (Phi) is 3.74. The minimum Gasteiger partial charge on any atom is -0.460 e. The van der Waals surface area contributed by atoms with Crippen molar-refractivity contribution in [3.63, 3.8) is 0 Å². The van der Waals surface area contributed by atoms with E-state index in [9.17, 15) is 14.0 Å². The van der Waals surface area contributed by atoms with Gasteiger partial charge in [-0.05, 0) is 13.0 Å². The standard InChI is InChI=1S/C9H7ClFNO3/c1-2-15-9(14)7(13)5-3-6(10)8(11)12-4-5/h3-4H,2H2,1H3. The van der Waals surface area contributed by atoms with Crippen LogP contribution in [0, 0.1) is 5.95 Å². The van der Waals surface area contributed by atoms with Crippen LogP contribution in [0.1, 0.15) is 17.3 Å². The van der Waals surface area contributed by atoms with Crippen LogP contribution in [0.3, 0.4) is 0 Å². The number of carbonyl (C=O) groups excluding carboxylic acids is 2. The van der Waals surface area contributed by atoms with Gasteiger partial charge >= 0.3 is 5.97 Å². The molecule has 80 valence electrons. The minimum absolute atomic E-state index is 0.0902. The number of ether oxygens (including phenoxy) is 1. The zero-order chi connectivity index (χ0) is 11.4. The van der Waals surface area contributed by atoms with Gasteiger partial charge in [-0.3, -0.25) is 4.79 Å². The van der Waals surface area contributed by atoms with Crippen molar-refractivity contribution in [1.82, 2.24) is 4.98 Å². The summed E-state index contributed by atoms with van der Waals surface area (Å²) in [7, 11) is 0. The highest BCUT2D eigenvalue weighted by Gasteiger charge is 2.18. The van der Waals surface area contributed by atoms with Gasteiger partial charge in [0.1, 0.15) is 0 Å². The van der Waals surface area contributed by atoms with Gasteiger partial charge in [-0.2, -0.15) is 4.39 Å². The SMILES string of the molecule is CCOC(=O)C(=O)c1cnc(F)c(Cl)c1. The van der Waals surface area contributed by atoms with E-state index in [-0.39, 0.29) is 17.2 Å². The molecular formula is C9H7ClFNO3. The quantitative estimate of drug-likeness (QED) is 0.343. The first kappa shape index (κ1) is 11.6. The molecule has 1 aromatic heterocycles. The number of hydrogen-bond donors (Lipinski definition) is 0. The van der Waals surface area contributed by atoms with Crippen molar-refractivity contribution < 1.29 is 18.7 Å². The zero-order valence-corrected chi connectivity index (χ0v) is 8.55. The molecule has 0 aliphatic rings. The predicted octanol–water partition coefficient (Wildman–Crippen LogP) is 1.62. The normalized spacial score (nSPS) is 9.80. The molecule has 0 radical (unpaired) electrons. The molecule has 0 aromatic carbocycles. The van der Waals surface area contributed by atoms with Crippen LogP contribution in [0.15, 0.2) is 12.3 Å². The molecule has 0 bridgehead atoms. The number of hydrogen-bond acceptors (Lipinski definition) is 4. The number of pyridine rings is 1. The van der Waals surface area contributed by atoms with Crippen molar-refractivity contribution in [2.45, 2.75) is 6.92 Å². The average molecular weight is 232 g/mol. The highest BCUT2D eigenvalue weighted by atomic mass is 35.5. The highest BCUT2D eigenvalue weighted by Crippen LogP contribution is 2.14. The Morgan fingerprint density at radius 3 is 2.80 bits per heavy atom. The molecule has 0 amide bonds. The fraction of sp³-hybridized carbons (Fsp3) is 0.222. The van der Waals surface area contributed by atoms with Crippen LogP contribution in [0.2, 0.25) is 5.02 Å². The molecule has 0 saturated carbocycles. The van der Waals surface area contributed by atoms with Gasteiger partial charge in [0.15, 0.2) is 0 Å². The summed E-state index contributed by atoms with van der Waals surface area (Å²) >= 11 is 5.40. The lowest BCUT2D eigenvalue weighted by molar-refractivity contribution is -0.137. The van der Waals surface area contributed by atoms with Crippen molar-refractivity contribution in [3.05, 3.63) is 28.8 Å². The number of aromatic nitrogens is 1. The number of nitrogens with zero attached hydrogens (tertiary/aromatic N) is 1. The molecule has 15 heavy (non-hydrogen) atoms. The van der Waals surface area contributed by atoms with Crippen LogP contribution in [-0.2, 0) is 9.53 Å². The summed E-state index contributed by atoms with van der Waals surface area (Å²) < 4.78 is 17.1. The Balaban J connectivity index is 2.92. The lowest BCUT2D eigenvalue weighted by atomic mass is 10.2. The van der Waals surface area contributed by atoms with Gasteiger partial charge in [0.2, 0.25) is 5.95 Å². The predicted molar refractivity (Wildman–Crippen MR) is 50.2 cm³/mol. The largest absolute Gasteiger partial charge is 0.460 e. The third-order valence-corrected chi connectivity index (χ3v) is 1.78. The van der Waals surface area contributed by atoms with E-state index < -0.39 is 17.7 Å². The molecule has 1 rings (SSSR count). The molecule has 0 aliphatic heterocycles. The van der Waals surface area contributed by atoms with E-state index in [1.165, 1.54) is 0 Å². The van der Waals surface area contributed by atoms with Gasteiger partial charge in [-0.25, -0.2) is 9.78 Å². The number of rotatable bonds is 3. The summed E-state index contributed by atoms with van der Waals surface area (Å²) in [6.45, 7) is 1.66. The first-order chi connectivity index (χ1) is 7.06. The number of carbonyl (C=O) groups is 2. The molecule has 0 fully saturated rings. The molecule has 0 aliphatic carbocycles. The zero-order valence-electron chi connectivity index (χ0n) is 7.79. The summed E-state index contributed by atoms with van der Waals surface area (Å²) in [6, 6.07) is 1.03. The van der Waals surface area contributed by atoms with Crippen molar-refractivity contribution in [2.75, 3.05) is 6.61 Å². The molecule has 0 unspecified atom stereocenters. The first-order valence-corrected chi connectivity index (χ1v) is 4.46. The second-order valence-corrected chi connectivity index (χ2v) is 2.95. The fourth-order valence-corrected chi connectivity index (χ4v) is 1.03. The van der Waals surface area contributed by atoms with Gasteiger partial charge in [-0.1, -0.05) is 11.6 Å². The van der Waals surface area contributed by atoms with E-state index >= 15 is 0 Å². The van der Waals surface area contributed by atoms with Crippen LogP contribution in [0.4, 0.5) is 4.39 Å². The number of esters is 1. The van der Waals surface area contributed by atoms with Gasteiger partial charge in [0.05, 0.1) is 11.6 Å². The van der Waals surface area contributed by atoms with Crippen LogP contribution in [0.5, 0.6) is 0 Å². The van der Waals surface area contributed by atoms with Crippen molar-refractivity contribution in [2.24, 2.45) is 0 Å². The van der Waals surface area contributed by atoms with E-state index in [1.54, 1.807) is 6.92 Å². The van der Waals surface area contributed by atoms with Gasteiger partial charge < -0.3 is 4.74 Å². The number of Topliss-reactive ketones (excluding diaryl/α,β-unsaturated/α-hetero) is 1. The summed E-state index contributed by atoms with van der Waals surface area (Å²) in [4.78, 5) is 25.5. The Hall–Kier alpha value is -1.49. The summed E-state index contributed by atoms with van der Waals surface area (Å²) in [6.07, 6.45) is 0.931. The average Bonchev–Trinajstić information content (AvgIpc) is 2.21. The molecule has 0 atom stereocenters. The van der Waals surface area contributed by atoms with E-state index in [0.717, 1.165) is 12.3 Å². The van der Waals surface area contributed by atoms with Crippen molar-refractivity contribution in [3.8, 4) is 0 Å². The topological polar surface area (TPSA) is 56.3 Å². The monoisotopic (exact) mass is 231 g/mol. The molecular weight excluding hydrogens is 225 g/mol. The van der Waals surface area contributed by atoms with E-state index in [0.29, 0.717) is 0 Å². The maximum atomic E-state index is 12.6. The molecule has 6 heteroatoms. The summed E-state index contributed by atoms with van der Waals surface area (Å²) in [5, 5.41) is -0.315. The molecule has 0 spiro atoms. The number of halogens is 2. The summed E-state index contributed by atoms with van der Waals surface area (Å²) in [5.41, 5.74) is -0.0974. The van der Waals surface area contributed by atoms with Crippen LogP contribution < -0.4 is 0 Å². The Bertz CT molecular complexity index is 408. The van der Waals surface area contributed by atoms with Crippen LogP contribution >= 0.6 is 11.6 Å². The van der Waals surface area contributed by atoms with E-state index in [1.807, 2.05) is 0 Å². The second-order valence-electron chi connectivity index (χ2n) is 2.55. The fourth-order valence-electron chi connectivity index (χ4n) is 0.860. The first-order valence-electron chi connectivity index (χ1n) is 4.08. The Labute approximate surface area is 90.0 Å². The Morgan fingerprint density at radius 2 is 2.27 bits per heavy atom. The molecule has 1 aromatic rings. The van der Waals surface area contributed by atoms with Gasteiger partial charge in [0, 0.05) is 11.8 Å². The number of ketones is 1. The van der Waals surface area contributed by atoms with E-state index in [2.05, 4.69) is 9.72 Å². The Morgan fingerprint density at radius 1 is 1.60 bits per heavy atom. The third kappa shape index (κ3) is 2.73. The van der Waals surface area contributed by atoms with Gasteiger partial charge in [-0.15, -0.1) is 0 Å². The highest BCUT2D eigenvalue weighted by molar-refractivity contribution is 6.41. The maximum Gasteiger partial charge on any atom is 0.379 e. The summed E-state index contributed by atoms with van der Waals surface area (Å²) in [5.74, 6) is -2.80. The smallest absolute Gasteiger partial charge is 0.379 e. The molecule has 4 nitrogen and oxygen atoms in total. The maximum absolute atomic E-state index is 12.6. The third-order valence-electron chi connectivity index (χ3n) is 1.52. The lowest BCUT2D eigenvalue weighted by Gasteiger charge is -2.01. The van der Waals surface area contributed by atoms with Crippen molar-refractivity contribution in [1.29, 1.82) is 0 Å². The lowest BCUT2D eigenvalue weighted by Crippen LogP contribution is -2.17. The van der Waals surface area contributed by atoms with Crippen LogP contribution in [-0.4, -0.2) is 23.3 Å². The molecule has 1 heterocycles.